The molecule has 2 amide bonds. The van der Waals surface area contributed by atoms with E-state index in [1.54, 1.807) is 43.5 Å². The number of methoxy groups -OCH3 is 1. The molecule has 0 aliphatic carbocycles. The number of hydrogen-bond acceptors (Lipinski definition) is 6. The van der Waals surface area contributed by atoms with E-state index in [1.165, 1.54) is 16.8 Å². The van der Waals surface area contributed by atoms with Crippen LogP contribution in [0.3, 0.4) is 0 Å². The van der Waals surface area contributed by atoms with Gasteiger partial charge in [0.25, 0.3) is 5.91 Å². The molecule has 0 bridgehead atoms. The number of carbonyl (C=O) groups excluding carboxylic acids is 2. The van der Waals surface area contributed by atoms with E-state index in [4.69, 9.17) is 16.3 Å². The first-order valence-corrected chi connectivity index (χ1v) is 12.1. The Morgan fingerprint density at radius 3 is 2.61 bits per heavy atom. The fraction of sp³-hybridized carbons (Fsp3) is 0.200. The first-order valence-electron chi connectivity index (χ1n) is 9.30. The number of nitrogens with one attached hydrogen (secondary N) is 1. The Bertz CT molecular complexity index is 1210. The predicted molar refractivity (Wildman–Crippen MR) is 135 cm³/mol. The topological polar surface area (TPSA) is 92.6 Å². The molecule has 0 radical (unpaired) electrons. The smallest absolute Gasteiger partial charge is 0.423 e. The van der Waals surface area contributed by atoms with Crippen LogP contribution in [0, 0.1) is 0 Å². The van der Waals surface area contributed by atoms with Crippen LogP contribution in [-0.2, 0) is 11.3 Å². The van der Waals surface area contributed by atoms with Crippen LogP contribution in [0.2, 0.25) is 5.02 Å². The standard InChI is InChI=1S/C20H18Br3ClN6O3/c1-28(29(2)20(32)33-3)10-11-7-12(21)8-13(22)17(11)26-19(31)15-9-16(23)27-30(15)18-14(24)5-4-6-25-18/h4-9H,10H2,1-3H3,(H,26,31). The van der Waals surface area contributed by atoms with E-state index in [2.05, 4.69) is 63.2 Å². The SMILES string of the molecule is COC(=O)N(C)N(C)Cc1cc(Br)cc(Br)c1NC(=O)c1cc(Br)nn1-c1ncccc1Cl. The Morgan fingerprint density at radius 2 is 1.94 bits per heavy atom. The van der Waals surface area contributed by atoms with Crippen molar-refractivity contribution in [1.82, 2.24) is 24.8 Å². The third-order valence-corrected chi connectivity index (χ3v) is 6.34. The summed E-state index contributed by atoms with van der Waals surface area (Å²) in [6, 6.07) is 8.59. The Hall–Kier alpha value is -1.99. The predicted octanol–water partition coefficient (Wildman–Crippen LogP) is 5.51. The number of amides is 2. The summed E-state index contributed by atoms with van der Waals surface area (Å²) in [5.41, 5.74) is 1.50. The normalized spacial score (nSPS) is 10.9. The van der Waals surface area contributed by atoms with Crippen molar-refractivity contribution in [2.75, 3.05) is 26.5 Å². The molecule has 0 saturated carbocycles. The van der Waals surface area contributed by atoms with Crippen LogP contribution >= 0.6 is 59.4 Å². The quantitative estimate of drug-likeness (QED) is 0.350. The van der Waals surface area contributed by atoms with Gasteiger partial charge in [-0.2, -0.15) is 5.10 Å². The first-order chi connectivity index (χ1) is 15.6. The Balaban J connectivity index is 1.96. The molecule has 0 unspecified atom stereocenters. The molecule has 33 heavy (non-hydrogen) atoms. The van der Waals surface area contributed by atoms with Crippen molar-refractivity contribution in [2.45, 2.75) is 6.54 Å². The molecule has 2 aromatic heterocycles. The van der Waals surface area contributed by atoms with Gasteiger partial charge in [-0.1, -0.05) is 27.5 Å². The minimum atomic E-state index is -0.516. The summed E-state index contributed by atoms with van der Waals surface area (Å²) in [4.78, 5) is 29.4. The van der Waals surface area contributed by atoms with E-state index in [9.17, 15) is 9.59 Å². The second kappa shape index (κ2) is 11.0. The lowest BCUT2D eigenvalue weighted by Gasteiger charge is -2.28. The maximum Gasteiger partial charge on any atom is 0.423 e. The van der Waals surface area contributed by atoms with Crippen molar-refractivity contribution >= 4 is 77.1 Å². The molecule has 0 atom stereocenters. The molecule has 2 heterocycles. The van der Waals surface area contributed by atoms with Crippen LogP contribution in [0.1, 0.15) is 16.1 Å². The van der Waals surface area contributed by atoms with Gasteiger partial charge >= 0.3 is 6.09 Å². The second-order valence-corrected chi connectivity index (χ2v) is 9.75. The van der Waals surface area contributed by atoms with Gasteiger partial charge < -0.3 is 10.1 Å². The Morgan fingerprint density at radius 1 is 1.21 bits per heavy atom. The lowest BCUT2D eigenvalue weighted by atomic mass is 10.1. The van der Waals surface area contributed by atoms with Gasteiger partial charge in [-0.25, -0.2) is 24.5 Å². The summed E-state index contributed by atoms with van der Waals surface area (Å²) in [6.45, 7) is 0.300. The van der Waals surface area contributed by atoms with Crippen LogP contribution in [0.25, 0.3) is 5.82 Å². The summed E-state index contributed by atoms with van der Waals surface area (Å²) >= 11 is 16.6. The summed E-state index contributed by atoms with van der Waals surface area (Å²) in [7, 11) is 4.62. The number of nitrogens with zero attached hydrogens (tertiary/aromatic N) is 5. The monoisotopic (exact) mass is 662 g/mol. The van der Waals surface area contributed by atoms with Gasteiger partial charge in [-0.15, -0.1) is 0 Å². The van der Waals surface area contributed by atoms with Crippen molar-refractivity contribution < 1.29 is 14.3 Å². The molecular formula is C20H18Br3ClN6O3. The van der Waals surface area contributed by atoms with Gasteiger partial charge in [0, 0.05) is 41.8 Å². The summed E-state index contributed by atoms with van der Waals surface area (Å²) in [5.74, 6) is -0.104. The fourth-order valence-corrected chi connectivity index (χ4v) is 4.89. The molecule has 1 N–H and O–H groups in total. The molecular weight excluding hydrogens is 647 g/mol. The third kappa shape index (κ3) is 5.93. The van der Waals surface area contributed by atoms with E-state index in [0.717, 1.165) is 10.0 Å². The number of rotatable bonds is 6. The van der Waals surface area contributed by atoms with Gasteiger partial charge in [-0.05, 0) is 61.7 Å². The second-order valence-electron chi connectivity index (χ2n) is 6.76. The average molecular weight is 666 g/mol. The molecule has 3 aromatic rings. The van der Waals surface area contributed by atoms with Gasteiger partial charge in [-0.3, -0.25) is 4.79 Å². The van der Waals surface area contributed by atoms with Crippen LogP contribution in [0.5, 0.6) is 0 Å². The van der Waals surface area contributed by atoms with Crippen molar-refractivity contribution in [3.63, 3.8) is 0 Å². The number of halogens is 4. The zero-order chi connectivity index (χ0) is 24.3. The van der Waals surface area contributed by atoms with E-state index in [1.807, 2.05) is 12.1 Å². The molecule has 0 aliphatic heterocycles. The van der Waals surface area contributed by atoms with Gasteiger partial charge in [0.15, 0.2) is 5.82 Å². The highest BCUT2D eigenvalue weighted by molar-refractivity contribution is 9.11. The highest BCUT2D eigenvalue weighted by Crippen LogP contribution is 2.32. The molecule has 1 aromatic carbocycles. The number of ether oxygens (including phenoxy) is 1. The maximum absolute atomic E-state index is 13.3. The highest BCUT2D eigenvalue weighted by Gasteiger charge is 2.22. The van der Waals surface area contributed by atoms with Gasteiger partial charge in [0.1, 0.15) is 10.3 Å². The molecule has 174 valence electrons. The Kier molecular flexibility index (Phi) is 8.51. The molecule has 0 spiro atoms. The van der Waals surface area contributed by atoms with Crippen LogP contribution in [0.4, 0.5) is 10.5 Å². The lowest BCUT2D eigenvalue weighted by molar-refractivity contribution is 0.0174. The average Bonchev–Trinajstić information content (AvgIpc) is 3.16. The third-order valence-electron chi connectivity index (χ3n) is 4.58. The minimum absolute atomic E-state index is 0.225. The Labute approximate surface area is 220 Å². The zero-order valence-electron chi connectivity index (χ0n) is 17.6. The van der Waals surface area contributed by atoms with Gasteiger partial charge in [0.2, 0.25) is 0 Å². The lowest BCUT2D eigenvalue weighted by Crippen LogP contribution is -2.40. The summed E-state index contributed by atoms with van der Waals surface area (Å²) in [6.07, 6.45) is 1.05. The van der Waals surface area contributed by atoms with E-state index in [-0.39, 0.29) is 5.69 Å². The minimum Gasteiger partial charge on any atom is -0.452 e. The fourth-order valence-electron chi connectivity index (χ4n) is 2.90. The van der Waals surface area contributed by atoms with Crippen molar-refractivity contribution in [3.05, 3.63) is 66.4 Å². The molecule has 13 heteroatoms. The number of benzene rings is 1. The summed E-state index contributed by atoms with van der Waals surface area (Å²) in [5, 5.41) is 10.6. The van der Waals surface area contributed by atoms with Crippen LogP contribution in [-0.4, -0.2) is 58.0 Å². The molecule has 9 nitrogen and oxygen atoms in total. The highest BCUT2D eigenvalue weighted by atomic mass is 79.9. The van der Waals surface area contributed by atoms with Crippen LogP contribution < -0.4 is 5.32 Å². The van der Waals surface area contributed by atoms with Crippen molar-refractivity contribution in [2.24, 2.45) is 0 Å². The number of hydrogen-bond donors (Lipinski definition) is 1. The number of hydrazine groups is 1. The first kappa shape index (κ1) is 25.6. The molecule has 0 fully saturated rings. The largest absolute Gasteiger partial charge is 0.452 e. The van der Waals surface area contributed by atoms with Crippen LogP contribution in [0.15, 0.2) is 50.1 Å². The van der Waals surface area contributed by atoms with E-state index < -0.39 is 12.0 Å². The number of aromatic nitrogens is 3. The zero-order valence-corrected chi connectivity index (χ0v) is 23.2. The van der Waals surface area contributed by atoms with Crippen molar-refractivity contribution in [3.8, 4) is 5.82 Å². The number of carbonyl (C=O) groups is 2. The number of anilines is 1. The van der Waals surface area contributed by atoms with Gasteiger partial charge in [0.05, 0.1) is 17.8 Å². The molecule has 3 rings (SSSR count). The number of pyridine rings is 1. The summed E-state index contributed by atoms with van der Waals surface area (Å²) < 4.78 is 8.02. The molecule has 0 aliphatic rings. The van der Waals surface area contributed by atoms with E-state index >= 15 is 0 Å². The van der Waals surface area contributed by atoms with Crippen molar-refractivity contribution in [1.29, 1.82) is 0 Å². The molecule has 0 saturated heterocycles. The maximum atomic E-state index is 13.3. The van der Waals surface area contributed by atoms with E-state index in [0.29, 0.717) is 32.1 Å².